The SMILES string of the molecule is CCCCCCCCCCc1c([O-])cccc1Oc1ccc(S(=O)(=O)O)cc1.[K+]. The van der Waals surface area contributed by atoms with E-state index in [1.807, 2.05) is 0 Å². The molecule has 29 heavy (non-hydrogen) atoms. The summed E-state index contributed by atoms with van der Waals surface area (Å²) in [5.41, 5.74) is 0.646. The number of rotatable bonds is 12. The zero-order valence-corrected chi connectivity index (χ0v) is 21.3. The smallest absolute Gasteiger partial charge is 0.872 e. The van der Waals surface area contributed by atoms with Crippen LogP contribution in [0.25, 0.3) is 0 Å². The molecule has 2 aromatic rings. The number of ether oxygens (including phenoxy) is 1. The van der Waals surface area contributed by atoms with E-state index >= 15 is 0 Å². The molecular weight excluding hydrogens is 415 g/mol. The maximum atomic E-state index is 12.3. The van der Waals surface area contributed by atoms with Crippen molar-refractivity contribution >= 4 is 10.1 Å². The molecule has 0 bridgehead atoms. The Labute approximate surface area is 217 Å². The van der Waals surface area contributed by atoms with E-state index in [-0.39, 0.29) is 62.0 Å². The molecule has 0 saturated carbocycles. The van der Waals surface area contributed by atoms with Gasteiger partial charge in [-0.05, 0) is 48.7 Å². The van der Waals surface area contributed by atoms with Gasteiger partial charge in [-0.15, -0.1) is 5.75 Å². The van der Waals surface area contributed by atoms with Crippen LogP contribution in [0.15, 0.2) is 47.4 Å². The van der Waals surface area contributed by atoms with Crippen LogP contribution >= 0.6 is 0 Å². The van der Waals surface area contributed by atoms with E-state index in [2.05, 4.69) is 6.92 Å². The summed E-state index contributed by atoms with van der Waals surface area (Å²) in [6.07, 6.45) is 10.2. The summed E-state index contributed by atoms with van der Waals surface area (Å²) in [7, 11) is -4.24. The molecule has 0 amide bonds. The van der Waals surface area contributed by atoms with Gasteiger partial charge < -0.3 is 9.84 Å². The van der Waals surface area contributed by atoms with Gasteiger partial charge in [0.05, 0.1) is 4.90 Å². The molecule has 5 nitrogen and oxygen atoms in total. The van der Waals surface area contributed by atoms with Gasteiger partial charge in [0.2, 0.25) is 0 Å². The summed E-state index contributed by atoms with van der Waals surface area (Å²) >= 11 is 0. The summed E-state index contributed by atoms with van der Waals surface area (Å²) in [5.74, 6) is 0.861. The summed E-state index contributed by atoms with van der Waals surface area (Å²) in [4.78, 5) is -0.198. The molecule has 0 aliphatic heterocycles. The molecule has 0 atom stereocenters. The summed E-state index contributed by atoms with van der Waals surface area (Å²) in [5, 5.41) is 12.3. The van der Waals surface area contributed by atoms with Gasteiger partial charge in [-0.1, -0.05) is 64.0 Å². The first-order valence-electron chi connectivity index (χ1n) is 9.96. The topological polar surface area (TPSA) is 86.7 Å². The zero-order chi connectivity index (χ0) is 20.4. The van der Waals surface area contributed by atoms with Gasteiger partial charge in [-0.2, -0.15) is 8.42 Å². The fourth-order valence-corrected chi connectivity index (χ4v) is 3.61. The molecule has 1 N–H and O–H groups in total. The molecule has 0 saturated heterocycles. The van der Waals surface area contributed by atoms with E-state index in [0.717, 1.165) is 12.8 Å². The summed E-state index contributed by atoms with van der Waals surface area (Å²) < 4.78 is 37.1. The molecular formula is C22H29KO5S. The summed E-state index contributed by atoms with van der Waals surface area (Å²) in [6, 6.07) is 10.4. The number of benzene rings is 2. The second-order valence-corrected chi connectivity index (χ2v) is 8.43. The van der Waals surface area contributed by atoms with Crippen LogP contribution in [-0.2, 0) is 16.5 Å². The largest absolute Gasteiger partial charge is 1.00 e. The number of hydrogen-bond donors (Lipinski definition) is 1. The minimum absolute atomic E-state index is 0. The van der Waals surface area contributed by atoms with Crippen molar-refractivity contribution < 1.29 is 74.2 Å². The molecule has 7 heteroatoms. The first-order valence-corrected chi connectivity index (χ1v) is 11.4. The van der Waals surface area contributed by atoms with Crippen LogP contribution in [0.1, 0.15) is 63.9 Å². The van der Waals surface area contributed by atoms with Crippen molar-refractivity contribution in [2.75, 3.05) is 0 Å². The van der Waals surface area contributed by atoms with E-state index < -0.39 is 10.1 Å². The molecule has 0 radical (unpaired) electrons. The molecule has 0 spiro atoms. The quantitative estimate of drug-likeness (QED) is 0.309. The van der Waals surface area contributed by atoms with Gasteiger partial charge in [0, 0.05) is 0 Å². The normalized spacial score (nSPS) is 11.1. The maximum Gasteiger partial charge on any atom is 1.00 e. The third-order valence-corrected chi connectivity index (χ3v) is 5.59. The Morgan fingerprint density at radius 1 is 0.897 bits per heavy atom. The number of hydrogen-bond acceptors (Lipinski definition) is 4. The maximum absolute atomic E-state index is 12.3. The van der Waals surface area contributed by atoms with Gasteiger partial charge in [0.15, 0.2) is 0 Å². The van der Waals surface area contributed by atoms with Crippen molar-refractivity contribution in [3.8, 4) is 17.2 Å². The predicted octanol–water partition coefficient (Wildman–Crippen LogP) is 2.49. The van der Waals surface area contributed by atoms with E-state index in [1.165, 1.54) is 68.9 Å². The average molecular weight is 445 g/mol. The van der Waals surface area contributed by atoms with E-state index in [9.17, 15) is 13.5 Å². The fraction of sp³-hybridized carbons (Fsp3) is 0.455. The molecule has 0 aromatic heterocycles. The Morgan fingerprint density at radius 3 is 2.07 bits per heavy atom. The van der Waals surface area contributed by atoms with Gasteiger partial charge in [0.1, 0.15) is 11.5 Å². The molecule has 0 aliphatic carbocycles. The van der Waals surface area contributed by atoms with Crippen LogP contribution in [0.4, 0.5) is 0 Å². The Balaban J connectivity index is 0.00000420. The van der Waals surface area contributed by atoms with Crippen LogP contribution < -0.4 is 61.2 Å². The minimum Gasteiger partial charge on any atom is -0.872 e. The Hall–Kier alpha value is -0.414. The van der Waals surface area contributed by atoms with Gasteiger partial charge >= 0.3 is 51.4 Å². The first kappa shape index (κ1) is 26.6. The number of unbranched alkanes of at least 4 members (excludes halogenated alkanes) is 7. The molecule has 0 fully saturated rings. The molecule has 0 aliphatic rings. The minimum atomic E-state index is -4.24. The van der Waals surface area contributed by atoms with Crippen LogP contribution in [-0.4, -0.2) is 13.0 Å². The van der Waals surface area contributed by atoms with Gasteiger partial charge in [-0.3, -0.25) is 4.55 Å². The van der Waals surface area contributed by atoms with E-state index in [4.69, 9.17) is 9.29 Å². The Morgan fingerprint density at radius 2 is 1.48 bits per heavy atom. The molecule has 0 heterocycles. The third kappa shape index (κ3) is 9.51. The van der Waals surface area contributed by atoms with Gasteiger partial charge in [-0.25, -0.2) is 0 Å². The van der Waals surface area contributed by atoms with Gasteiger partial charge in [0.25, 0.3) is 10.1 Å². The van der Waals surface area contributed by atoms with Crippen LogP contribution in [0.3, 0.4) is 0 Å². The van der Waals surface area contributed by atoms with Crippen molar-refractivity contribution in [3.05, 3.63) is 48.0 Å². The molecule has 0 unspecified atom stereocenters. The van der Waals surface area contributed by atoms with Crippen molar-refractivity contribution in [1.29, 1.82) is 0 Å². The third-order valence-electron chi connectivity index (χ3n) is 4.72. The van der Waals surface area contributed by atoms with Crippen LogP contribution in [0.2, 0.25) is 0 Å². The molecule has 154 valence electrons. The molecule has 2 rings (SSSR count). The standard InChI is InChI=1S/C22H30O5S.K/c1-2-3-4-5-6-7-8-9-11-20-21(23)12-10-13-22(20)27-18-14-16-19(17-15-18)28(24,25)26;/h10,12-17,23H,2-9,11H2,1H3,(H,24,25,26);/q;+1/p-1. The predicted molar refractivity (Wildman–Crippen MR) is 109 cm³/mol. The van der Waals surface area contributed by atoms with E-state index in [1.54, 1.807) is 12.1 Å². The van der Waals surface area contributed by atoms with Crippen LogP contribution in [0, 0.1) is 0 Å². The second kappa shape index (κ2) is 13.8. The Bertz CT molecular complexity index is 835. The first-order chi connectivity index (χ1) is 13.4. The zero-order valence-electron chi connectivity index (χ0n) is 17.4. The average Bonchev–Trinajstić information content (AvgIpc) is 2.65. The fourth-order valence-electron chi connectivity index (χ4n) is 3.13. The monoisotopic (exact) mass is 444 g/mol. The van der Waals surface area contributed by atoms with Crippen molar-refractivity contribution in [1.82, 2.24) is 0 Å². The van der Waals surface area contributed by atoms with E-state index in [0.29, 0.717) is 23.5 Å². The second-order valence-electron chi connectivity index (χ2n) is 7.01. The van der Waals surface area contributed by atoms with Crippen molar-refractivity contribution in [2.45, 2.75) is 69.6 Å². The summed E-state index contributed by atoms with van der Waals surface area (Å²) in [6.45, 7) is 2.21. The molecule has 2 aromatic carbocycles. The van der Waals surface area contributed by atoms with Crippen molar-refractivity contribution in [3.63, 3.8) is 0 Å². The Kier molecular flexibility index (Phi) is 12.7. The van der Waals surface area contributed by atoms with Crippen molar-refractivity contribution in [2.24, 2.45) is 0 Å². The van der Waals surface area contributed by atoms with Crippen LogP contribution in [0.5, 0.6) is 17.2 Å².